The van der Waals surface area contributed by atoms with Crippen molar-refractivity contribution < 1.29 is 14.3 Å². The lowest BCUT2D eigenvalue weighted by molar-refractivity contribution is 0.115. The standard InChI is InChI=1S/C25H34FN7O2/c1-16-12-21(34)23-22(16)24(30-15-29-23)31-8-10-32(11-9-31)25(35)33(18-4-6-28-7-5-18)14-17-2-3-20(27)19(26)13-17/h2-3,13,15-16,18,21,28,34H,4-12,14,27H2,1H3/t16-,21-/m1/s1. The molecule has 2 atom stereocenters. The van der Waals surface area contributed by atoms with Gasteiger partial charge in [0, 0.05) is 44.3 Å². The number of rotatable bonds is 4. The second-order valence-corrected chi connectivity index (χ2v) is 9.87. The number of hydrogen-bond donors (Lipinski definition) is 3. The number of aliphatic hydroxyl groups excluding tert-OH is 1. The van der Waals surface area contributed by atoms with Gasteiger partial charge in [-0.05, 0) is 56.0 Å². The fourth-order valence-electron chi connectivity index (χ4n) is 5.58. The maximum absolute atomic E-state index is 14.1. The Morgan fingerprint density at radius 3 is 2.69 bits per heavy atom. The number of amides is 2. The summed E-state index contributed by atoms with van der Waals surface area (Å²) in [6.45, 7) is 6.65. The van der Waals surface area contributed by atoms with Crippen molar-refractivity contribution >= 4 is 17.5 Å². The summed E-state index contributed by atoms with van der Waals surface area (Å²) in [7, 11) is 0. The van der Waals surface area contributed by atoms with Gasteiger partial charge in [0.2, 0.25) is 0 Å². The van der Waals surface area contributed by atoms with Crippen molar-refractivity contribution in [1.82, 2.24) is 25.1 Å². The average molecular weight is 484 g/mol. The highest BCUT2D eigenvalue weighted by Gasteiger charge is 2.35. The van der Waals surface area contributed by atoms with E-state index in [0.717, 1.165) is 48.6 Å². The van der Waals surface area contributed by atoms with Crippen molar-refractivity contribution in [3.63, 3.8) is 0 Å². The molecule has 0 unspecified atom stereocenters. The van der Waals surface area contributed by atoms with E-state index >= 15 is 0 Å². The van der Waals surface area contributed by atoms with Crippen LogP contribution in [-0.2, 0) is 6.54 Å². The van der Waals surface area contributed by atoms with Crippen LogP contribution in [0.1, 0.15) is 55.0 Å². The number of piperazine rings is 1. The summed E-state index contributed by atoms with van der Waals surface area (Å²) in [6.07, 6.45) is 3.39. The van der Waals surface area contributed by atoms with Crippen LogP contribution in [0.25, 0.3) is 0 Å². The zero-order valence-corrected chi connectivity index (χ0v) is 20.2. The lowest BCUT2D eigenvalue weighted by Gasteiger charge is -2.42. The van der Waals surface area contributed by atoms with Crippen molar-refractivity contribution in [3.8, 4) is 0 Å². The molecule has 2 saturated heterocycles. The Kier molecular flexibility index (Phi) is 6.75. The highest BCUT2D eigenvalue weighted by atomic mass is 19.1. The molecule has 5 rings (SSSR count). The van der Waals surface area contributed by atoms with Gasteiger partial charge in [-0.2, -0.15) is 0 Å². The van der Waals surface area contributed by atoms with Crippen LogP contribution in [0.4, 0.5) is 20.7 Å². The lowest BCUT2D eigenvalue weighted by Crippen LogP contribution is -2.56. The van der Waals surface area contributed by atoms with Crippen LogP contribution in [0.5, 0.6) is 0 Å². The molecule has 2 fully saturated rings. The van der Waals surface area contributed by atoms with Crippen molar-refractivity contribution in [3.05, 3.63) is 47.2 Å². The fraction of sp³-hybridized carbons (Fsp3) is 0.560. The molecule has 2 aliphatic heterocycles. The highest BCUT2D eigenvalue weighted by Crippen LogP contribution is 2.42. The summed E-state index contributed by atoms with van der Waals surface area (Å²) >= 11 is 0. The van der Waals surface area contributed by atoms with Crippen LogP contribution < -0.4 is 16.0 Å². The van der Waals surface area contributed by atoms with Gasteiger partial charge >= 0.3 is 6.03 Å². The second-order valence-electron chi connectivity index (χ2n) is 9.87. The van der Waals surface area contributed by atoms with Gasteiger partial charge in [0.05, 0.1) is 17.5 Å². The van der Waals surface area contributed by atoms with Crippen molar-refractivity contribution in [2.45, 2.75) is 50.8 Å². The lowest BCUT2D eigenvalue weighted by atomic mass is 10.0. The Balaban J connectivity index is 1.30. The normalized spacial score (nSPS) is 22.8. The van der Waals surface area contributed by atoms with E-state index in [4.69, 9.17) is 5.73 Å². The van der Waals surface area contributed by atoms with Gasteiger partial charge in [-0.1, -0.05) is 13.0 Å². The van der Waals surface area contributed by atoms with Crippen molar-refractivity contribution in [2.24, 2.45) is 0 Å². The number of piperidine rings is 1. The van der Waals surface area contributed by atoms with Crippen molar-refractivity contribution in [2.75, 3.05) is 49.9 Å². The van der Waals surface area contributed by atoms with E-state index in [1.54, 1.807) is 12.1 Å². The van der Waals surface area contributed by atoms with Gasteiger partial charge in [-0.25, -0.2) is 19.2 Å². The molecular weight excluding hydrogens is 449 g/mol. The number of aliphatic hydroxyl groups is 1. The summed E-state index contributed by atoms with van der Waals surface area (Å²) < 4.78 is 14.1. The Morgan fingerprint density at radius 2 is 1.97 bits per heavy atom. The number of carbonyl (C=O) groups excluding carboxylic acids is 1. The minimum atomic E-state index is -0.540. The van der Waals surface area contributed by atoms with E-state index in [9.17, 15) is 14.3 Å². The first kappa shape index (κ1) is 23.7. The predicted octanol–water partition coefficient (Wildman–Crippen LogP) is 2.23. The minimum Gasteiger partial charge on any atom is -0.396 e. The summed E-state index contributed by atoms with van der Waals surface area (Å²) in [6, 6.07) is 4.88. The zero-order chi connectivity index (χ0) is 24.5. The first-order valence-electron chi connectivity index (χ1n) is 12.5. The minimum absolute atomic E-state index is 0.00881. The topological polar surface area (TPSA) is 111 Å². The Morgan fingerprint density at radius 1 is 1.23 bits per heavy atom. The van der Waals surface area contributed by atoms with Crippen molar-refractivity contribution in [1.29, 1.82) is 0 Å². The van der Waals surface area contributed by atoms with Gasteiger partial charge in [0.25, 0.3) is 0 Å². The van der Waals surface area contributed by atoms with E-state index in [1.165, 1.54) is 12.4 Å². The van der Waals surface area contributed by atoms with Gasteiger partial charge in [0.15, 0.2) is 0 Å². The third-order valence-electron chi connectivity index (χ3n) is 7.54. The second kappa shape index (κ2) is 9.94. The van der Waals surface area contributed by atoms with Gasteiger partial charge < -0.3 is 30.9 Å². The van der Waals surface area contributed by atoms with E-state index < -0.39 is 11.9 Å². The molecule has 2 amide bonds. The molecular formula is C25H34FN7O2. The molecule has 35 heavy (non-hydrogen) atoms. The monoisotopic (exact) mass is 483 g/mol. The van der Waals surface area contributed by atoms with Gasteiger partial charge in [0.1, 0.15) is 18.0 Å². The van der Waals surface area contributed by atoms with E-state index in [1.807, 2.05) is 9.80 Å². The van der Waals surface area contributed by atoms with Crippen LogP contribution in [0.2, 0.25) is 0 Å². The third-order valence-corrected chi connectivity index (χ3v) is 7.54. The molecule has 4 N–H and O–H groups in total. The molecule has 10 heteroatoms. The molecule has 3 heterocycles. The Labute approximate surface area is 205 Å². The molecule has 3 aliphatic rings. The molecule has 1 aliphatic carbocycles. The molecule has 188 valence electrons. The van der Waals surface area contributed by atoms with Gasteiger partial charge in [-0.15, -0.1) is 0 Å². The number of benzene rings is 1. The number of hydrogen-bond acceptors (Lipinski definition) is 7. The maximum Gasteiger partial charge on any atom is 0.320 e. The smallest absolute Gasteiger partial charge is 0.320 e. The third kappa shape index (κ3) is 4.77. The molecule has 1 aromatic carbocycles. The van der Waals surface area contributed by atoms with Crippen LogP contribution in [-0.4, -0.2) is 76.2 Å². The number of nitrogens with one attached hydrogen (secondary N) is 1. The molecule has 0 bridgehead atoms. The number of nitrogen functional groups attached to an aromatic ring is 1. The number of halogens is 1. The van der Waals surface area contributed by atoms with Crippen LogP contribution in [0.3, 0.4) is 0 Å². The summed E-state index contributed by atoms with van der Waals surface area (Å²) in [5.41, 5.74) is 8.27. The molecule has 9 nitrogen and oxygen atoms in total. The largest absolute Gasteiger partial charge is 0.396 e. The van der Waals surface area contributed by atoms with E-state index in [0.29, 0.717) is 39.1 Å². The van der Waals surface area contributed by atoms with Crippen LogP contribution in [0.15, 0.2) is 24.5 Å². The average Bonchev–Trinajstić information content (AvgIpc) is 3.18. The molecule has 0 spiro atoms. The fourth-order valence-corrected chi connectivity index (χ4v) is 5.58. The predicted molar refractivity (Wildman–Crippen MR) is 131 cm³/mol. The molecule has 0 radical (unpaired) electrons. The number of anilines is 2. The number of carbonyl (C=O) groups is 1. The van der Waals surface area contributed by atoms with Gasteiger partial charge in [-0.3, -0.25) is 0 Å². The quantitative estimate of drug-likeness (QED) is 0.572. The first-order valence-corrected chi connectivity index (χ1v) is 12.5. The number of aromatic nitrogens is 2. The summed E-state index contributed by atoms with van der Waals surface area (Å²) in [5, 5.41) is 13.7. The maximum atomic E-state index is 14.1. The number of nitrogens with two attached hydrogens (primary N) is 1. The SMILES string of the molecule is C[C@@H]1C[C@@H](O)c2ncnc(N3CCN(C(=O)N(Cc4ccc(N)c(F)c4)C4CCNCC4)CC3)c21. The summed E-state index contributed by atoms with van der Waals surface area (Å²) in [4.78, 5) is 28.6. The molecule has 0 saturated carbocycles. The van der Waals surface area contributed by atoms with Crippen LogP contribution >= 0.6 is 0 Å². The number of urea groups is 1. The highest BCUT2D eigenvalue weighted by molar-refractivity contribution is 5.75. The molecule has 2 aromatic rings. The Bertz CT molecular complexity index is 1070. The zero-order valence-electron chi connectivity index (χ0n) is 20.2. The van der Waals surface area contributed by atoms with Crippen LogP contribution in [0, 0.1) is 5.82 Å². The van der Waals surface area contributed by atoms with E-state index in [-0.39, 0.29) is 23.7 Å². The van der Waals surface area contributed by atoms with E-state index in [2.05, 4.69) is 27.1 Å². The number of nitrogens with zero attached hydrogens (tertiary/aromatic N) is 5. The molecule has 1 aromatic heterocycles. The number of fused-ring (bicyclic) bond motifs is 1. The summed E-state index contributed by atoms with van der Waals surface area (Å²) in [5.74, 6) is 0.621. The Hall–Kier alpha value is -2.98. The first-order chi connectivity index (χ1) is 16.9.